The van der Waals surface area contributed by atoms with Gasteiger partial charge in [0.05, 0.1) is 0 Å². The zero-order chi connectivity index (χ0) is 17.5. The maximum atomic E-state index is 12.1. The molecule has 24 heavy (non-hydrogen) atoms. The first-order valence-corrected chi connectivity index (χ1v) is 7.88. The van der Waals surface area contributed by atoms with Gasteiger partial charge in [0.15, 0.2) is 0 Å². The maximum Gasteiger partial charge on any atom is 0.251 e. The van der Waals surface area contributed by atoms with Crippen LogP contribution in [-0.4, -0.2) is 39.0 Å². The Kier molecular flexibility index (Phi) is 5.95. The molecule has 0 aliphatic carbocycles. The van der Waals surface area contributed by atoms with Gasteiger partial charge in [-0.1, -0.05) is 18.2 Å². The fourth-order valence-corrected chi connectivity index (χ4v) is 2.29. The molecule has 2 N–H and O–H groups in total. The van der Waals surface area contributed by atoms with Gasteiger partial charge < -0.3 is 15.5 Å². The van der Waals surface area contributed by atoms with Crippen molar-refractivity contribution in [1.82, 2.24) is 10.6 Å². The third-order valence-corrected chi connectivity index (χ3v) is 3.73. The van der Waals surface area contributed by atoms with Gasteiger partial charge in [0.2, 0.25) is 0 Å². The summed E-state index contributed by atoms with van der Waals surface area (Å²) in [6, 6.07) is 14.8. The molecule has 2 aromatic rings. The fourth-order valence-electron chi connectivity index (χ4n) is 2.29. The number of anilines is 1. The Balaban J connectivity index is 1.78. The predicted octanol–water partition coefficient (Wildman–Crippen LogP) is 2.22. The highest BCUT2D eigenvalue weighted by Gasteiger charge is 2.08. The van der Waals surface area contributed by atoms with Gasteiger partial charge in [0.25, 0.3) is 11.8 Å². The largest absolute Gasteiger partial charge is 0.378 e. The molecule has 0 aliphatic heterocycles. The highest BCUT2D eigenvalue weighted by atomic mass is 16.2. The lowest BCUT2D eigenvalue weighted by Gasteiger charge is -2.13. The molecule has 5 heteroatoms. The number of nitrogens with one attached hydrogen (secondary N) is 2. The smallest absolute Gasteiger partial charge is 0.251 e. The lowest BCUT2D eigenvalue weighted by Crippen LogP contribution is -2.34. The Bertz CT molecular complexity index is 709. The molecule has 0 aliphatic rings. The summed E-state index contributed by atoms with van der Waals surface area (Å²) in [6.45, 7) is 2.66. The van der Waals surface area contributed by atoms with E-state index in [1.54, 1.807) is 18.2 Å². The molecule has 0 atom stereocenters. The second-order valence-corrected chi connectivity index (χ2v) is 5.77. The van der Waals surface area contributed by atoms with Gasteiger partial charge in [-0.05, 0) is 42.8 Å². The van der Waals surface area contributed by atoms with Crippen molar-refractivity contribution in [2.75, 3.05) is 32.1 Å². The lowest BCUT2D eigenvalue weighted by atomic mass is 10.1. The number of hydrogen-bond acceptors (Lipinski definition) is 3. The first-order chi connectivity index (χ1) is 11.5. The lowest BCUT2D eigenvalue weighted by molar-refractivity contribution is 0.0927. The second kappa shape index (κ2) is 8.15. The molecule has 0 saturated heterocycles. The number of hydrogen-bond donors (Lipinski definition) is 2. The van der Waals surface area contributed by atoms with E-state index in [4.69, 9.17) is 0 Å². The quantitative estimate of drug-likeness (QED) is 0.801. The molecule has 126 valence electrons. The molecule has 0 fully saturated rings. The normalized spacial score (nSPS) is 10.1. The van der Waals surface area contributed by atoms with Crippen molar-refractivity contribution in [3.8, 4) is 0 Å². The van der Waals surface area contributed by atoms with Gasteiger partial charge in [-0.15, -0.1) is 0 Å². The number of aryl methyl sites for hydroxylation is 1. The summed E-state index contributed by atoms with van der Waals surface area (Å²) in [5.74, 6) is -0.275. The van der Waals surface area contributed by atoms with Crippen LogP contribution in [0.2, 0.25) is 0 Å². The molecule has 0 spiro atoms. The minimum Gasteiger partial charge on any atom is -0.378 e. The van der Waals surface area contributed by atoms with Crippen LogP contribution in [0.25, 0.3) is 0 Å². The van der Waals surface area contributed by atoms with Crippen molar-refractivity contribution < 1.29 is 9.59 Å². The molecule has 2 amide bonds. The van der Waals surface area contributed by atoms with Crippen LogP contribution >= 0.6 is 0 Å². The number of carbonyl (C=O) groups excluding carboxylic acids is 2. The van der Waals surface area contributed by atoms with Crippen LogP contribution in [0.15, 0.2) is 48.5 Å². The maximum absolute atomic E-state index is 12.1. The van der Waals surface area contributed by atoms with E-state index in [9.17, 15) is 9.59 Å². The summed E-state index contributed by atoms with van der Waals surface area (Å²) in [5.41, 5.74) is 3.23. The average Bonchev–Trinajstić information content (AvgIpc) is 2.58. The molecule has 0 heterocycles. The van der Waals surface area contributed by atoms with Gasteiger partial charge >= 0.3 is 0 Å². The zero-order valence-electron chi connectivity index (χ0n) is 14.3. The van der Waals surface area contributed by atoms with Gasteiger partial charge in [0, 0.05) is 44.0 Å². The molecule has 0 saturated carbocycles. The summed E-state index contributed by atoms with van der Waals surface area (Å²) >= 11 is 0. The third-order valence-electron chi connectivity index (χ3n) is 3.73. The van der Waals surface area contributed by atoms with E-state index in [0.717, 1.165) is 11.3 Å². The average molecular weight is 325 g/mol. The van der Waals surface area contributed by atoms with Gasteiger partial charge in [0.1, 0.15) is 0 Å². The van der Waals surface area contributed by atoms with Crippen molar-refractivity contribution in [2.24, 2.45) is 0 Å². The SMILES string of the molecule is Cc1ccccc1C(=O)NCCNC(=O)c1ccc(N(C)C)cc1. The van der Waals surface area contributed by atoms with E-state index in [-0.39, 0.29) is 11.8 Å². The predicted molar refractivity (Wildman–Crippen MR) is 96.6 cm³/mol. The first-order valence-electron chi connectivity index (χ1n) is 7.88. The van der Waals surface area contributed by atoms with Crippen molar-refractivity contribution in [1.29, 1.82) is 0 Å². The molecule has 5 nitrogen and oxygen atoms in total. The number of rotatable bonds is 6. The third kappa shape index (κ3) is 4.59. The summed E-state index contributed by atoms with van der Waals surface area (Å²) < 4.78 is 0. The van der Waals surface area contributed by atoms with Crippen molar-refractivity contribution in [2.45, 2.75) is 6.92 Å². The van der Waals surface area contributed by atoms with Crippen LogP contribution in [0.4, 0.5) is 5.69 Å². The standard InChI is InChI=1S/C19H23N3O2/c1-14-6-4-5-7-17(14)19(24)21-13-12-20-18(23)15-8-10-16(11-9-15)22(2)3/h4-11H,12-13H2,1-3H3,(H,20,23)(H,21,24). The van der Waals surface area contributed by atoms with Crippen molar-refractivity contribution in [3.05, 3.63) is 65.2 Å². The Labute approximate surface area is 142 Å². The van der Waals surface area contributed by atoms with Crippen LogP contribution in [0.5, 0.6) is 0 Å². The van der Waals surface area contributed by atoms with E-state index in [1.165, 1.54) is 0 Å². The molecular weight excluding hydrogens is 302 g/mol. The minimum atomic E-state index is -0.148. The molecule has 0 bridgehead atoms. The molecule has 2 rings (SSSR count). The highest BCUT2D eigenvalue weighted by molar-refractivity contribution is 5.96. The molecule has 2 aromatic carbocycles. The molecule has 0 aromatic heterocycles. The summed E-state index contributed by atoms with van der Waals surface area (Å²) in [7, 11) is 3.90. The van der Waals surface area contributed by atoms with E-state index in [1.807, 2.05) is 56.3 Å². The first kappa shape index (κ1) is 17.5. The monoisotopic (exact) mass is 325 g/mol. The number of nitrogens with zero attached hydrogens (tertiary/aromatic N) is 1. The zero-order valence-corrected chi connectivity index (χ0v) is 14.3. The minimum absolute atomic E-state index is 0.127. The Morgan fingerprint density at radius 2 is 1.46 bits per heavy atom. The topological polar surface area (TPSA) is 61.4 Å². The van der Waals surface area contributed by atoms with E-state index in [2.05, 4.69) is 10.6 Å². The van der Waals surface area contributed by atoms with Crippen LogP contribution in [0.1, 0.15) is 26.3 Å². The van der Waals surface area contributed by atoms with Gasteiger partial charge in [-0.25, -0.2) is 0 Å². The van der Waals surface area contributed by atoms with E-state index in [0.29, 0.717) is 24.2 Å². The van der Waals surface area contributed by atoms with Crippen molar-refractivity contribution >= 4 is 17.5 Å². The summed E-state index contributed by atoms with van der Waals surface area (Å²) in [4.78, 5) is 26.1. The van der Waals surface area contributed by atoms with E-state index >= 15 is 0 Å². The fraction of sp³-hybridized carbons (Fsp3) is 0.263. The van der Waals surface area contributed by atoms with Gasteiger partial charge in [-0.3, -0.25) is 9.59 Å². The Morgan fingerprint density at radius 1 is 0.875 bits per heavy atom. The van der Waals surface area contributed by atoms with Crippen LogP contribution < -0.4 is 15.5 Å². The van der Waals surface area contributed by atoms with Crippen LogP contribution in [-0.2, 0) is 0 Å². The number of carbonyl (C=O) groups is 2. The number of amides is 2. The summed E-state index contributed by atoms with van der Waals surface area (Å²) in [5, 5.41) is 5.61. The van der Waals surface area contributed by atoms with Crippen molar-refractivity contribution in [3.63, 3.8) is 0 Å². The Morgan fingerprint density at radius 3 is 2.04 bits per heavy atom. The molecule has 0 unspecified atom stereocenters. The molecule has 0 radical (unpaired) electrons. The number of benzene rings is 2. The van der Waals surface area contributed by atoms with E-state index < -0.39 is 0 Å². The van der Waals surface area contributed by atoms with Crippen LogP contribution in [0.3, 0.4) is 0 Å². The highest BCUT2D eigenvalue weighted by Crippen LogP contribution is 2.12. The second-order valence-electron chi connectivity index (χ2n) is 5.77. The van der Waals surface area contributed by atoms with Crippen LogP contribution in [0, 0.1) is 6.92 Å². The molecular formula is C19H23N3O2. The summed E-state index contributed by atoms with van der Waals surface area (Å²) in [6.07, 6.45) is 0. The van der Waals surface area contributed by atoms with Gasteiger partial charge in [-0.2, -0.15) is 0 Å². The Hall–Kier alpha value is -2.82.